The maximum absolute atomic E-state index is 12.5. The molecule has 0 aliphatic heterocycles. The Labute approximate surface area is 122 Å². The SMILES string of the molecule is CNc1ncccc1S(=O)(=O)NC(C)(C)CC(C)(C)C. The van der Waals surface area contributed by atoms with E-state index in [9.17, 15) is 8.42 Å². The van der Waals surface area contributed by atoms with Crippen molar-refractivity contribution < 1.29 is 8.42 Å². The molecule has 0 bridgehead atoms. The molecule has 5 nitrogen and oxygen atoms in total. The highest BCUT2D eigenvalue weighted by Crippen LogP contribution is 2.29. The van der Waals surface area contributed by atoms with Gasteiger partial charge in [-0.05, 0) is 37.8 Å². The van der Waals surface area contributed by atoms with E-state index in [-0.39, 0.29) is 10.3 Å². The zero-order valence-corrected chi connectivity index (χ0v) is 13.9. The van der Waals surface area contributed by atoms with Crippen molar-refractivity contribution in [3.05, 3.63) is 18.3 Å². The Morgan fingerprint density at radius 3 is 2.30 bits per heavy atom. The van der Waals surface area contributed by atoms with Crippen LogP contribution in [0.5, 0.6) is 0 Å². The molecular weight excluding hydrogens is 274 g/mol. The normalized spacial score (nSPS) is 13.3. The van der Waals surface area contributed by atoms with E-state index in [4.69, 9.17) is 0 Å². The third-order valence-electron chi connectivity index (χ3n) is 2.68. The van der Waals surface area contributed by atoms with E-state index < -0.39 is 15.6 Å². The summed E-state index contributed by atoms with van der Waals surface area (Å²) in [7, 11) is -1.95. The molecule has 0 saturated heterocycles. The van der Waals surface area contributed by atoms with Gasteiger partial charge in [-0.25, -0.2) is 18.1 Å². The van der Waals surface area contributed by atoms with Crippen molar-refractivity contribution >= 4 is 15.8 Å². The molecule has 2 N–H and O–H groups in total. The number of hydrogen-bond donors (Lipinski definition) is 2. The van der Waals surface area contributed by atoms with Crippen LogP contribution in [-0.4, -0.2) is 26.0 Å². The maximum atomic E-state index is 12.5. The molecule has 0 spiro atoms. The fourth-order valence-electron chi connectivity index (χ4n) is 2.58. The molecular formula is C14H25N3O2S. The lowest BCUT2D eigenvalue weighted by atomic mass is 9.82. The lowest BCUT2D eigenvalue weighted by Gasteiger charge is -2.33. The second-order valence-electron chi connectivity index (χ2n) is 6.83. The Balaban J connectivity index is 3.06. The molecule has 1 heterocycles. The molecule has 0 aliphatic rings. The van der Waals surface area contributed by atoms with E-state index in [2.05, 4.69) is 35.8 Å². The van der Waals surface area contributed by atoms with E-state index in [0.29, 0.717) is 5.82 Å². The van der Waals surface area contributed by atoms with Crippen LogP contribution in [0.1, 0.15) is 41.0 Å². The molecule has 1 aromatic rings. The van der Waals surface area contributed by atoms with Gasteiger partial charge in [0.2, 0.25) is 10.0 Å². The Hall–Kier alpha value is -1.14. The second kappa shape index (κ2) is 5.69. The summed E-state index contributed by atoms with van der Waals surface area (Å²) in [5, 5.41) is 2.81. The van der Waals surface area contributed by atoms with Crippen LogP contribution in [0.3, 0.4) is 0 Å². The molecule has 0 aliphatic carbocycles. The molecule has 0 saturated carbocycles. The van der Waals surface area contributed by atoms with Gasteiger partial charge in [-0.2, -0.15) is 0 Å². The van der Waals surface area contributed by atoms with E-state index in [1.165, 1.54) is 0 Å². The minimum absolute atomic E-state index is 0.0345. The molecule has 0 amide bonds. The zero-order valence-electron chi connectivity index (χ0n) is 13.1. The Morgan fingerprint density at radius 2 is 1.80 bits per heavy atom. The quantitative estimate of drug-likeness (QED) is 0.876. The number of hydrogen-bond acceptors (Lipinski definition) is 4. The Bertz CT molecular complexity index is 560. The number of pyridine rings is 1. The van der Waals surface area contributed by atoms with Crippen molar-refractivity contribution in [2.24, 2.45) is 5.41 Å². The molecule has 1 rings (SSSR count). The number of rotatable bonds is 5. The molecule has 0 aromatic carbocycles. The van der Waals surface area contributed by atoms with Gasteiger partial charge in [-0.3, -0.25) is 0 Å². The average molecular weight is 299 g/mol. The first-order chi connectivity index (χ1) is 8.97. The van der Waals surface area contributed by atoms with Crippen molar-refractivity contribution in [3.8, 4) is 0 Å². The molecule has 114 valence electrons. The minimum Gasteiger partial charge on any atom is -0.372 e. The van der Waals surface area contributed by atoms with Crippen LogP contribution in [-0.2, 0) is 10.0 Å². The first-order valence-electron chi connectivity index (χ1n) is 6.64. The number of sulfonamides is 1. The van der Waals surface area contributed by atoms with Crippen LogP contribution in [0.25, 0.3) is 0 Å². The highest BCUT2D eigenvalue weighted by atomic mass is 32.2. The van der Waals surface area contributed by atoms with Crippen molar-refractivity contribution in [1.29, 1.82) is 0 Å². The zero-order chi connectivity index (χ0) is 15.6. The van der Waals surface area contributed by atoms with Crippen molar-refractivity contribution in [2.45, 2.75) is 51.5 Å². The summed E-state index contributed by atoms with van der Waals surface area (Å²) in [5.41, 5.74) is -0.495. The Kier molecular flexibility index (Phi) is 4.82. The minimum atomic E-state index is -3.61. The van der Waals surface area contributed by atoms with Gasteiger partial charge in [-0.15, -0.1) is 0 Å². The standard InChI is InChI=1S/C14H25N3O2S/c1-13(2,3)10-14(4,5)17-20(18,19)11-8-7-9-16-12(11)15-6/h7-9,17H,10H2,1-6H3,(H,15,16). The van der Waals surface area contributed by atoms with Gasteiger partial charge in [0.25, 0.3) is 0 Å². The van der Waals surface area contributed by atoms with Crippen LogP contribution < -0.4 is 10.0 Å². The summed E-state index contributed by atoms with van der Waals surface area (Å²) in [4.78, 5) is 4.21. The molecule has 1 aromatic heterocycles. The van der Waals surface area contributed by atoms with Crippen molar-refractivity contribution in [2.75, 3.05) is 12.4 Å². The average Bonchev–Trinajstić information content (AvgIpc) is 2.24. The molecule has 0 atom stereocenters. The largest absolute Gasteiger partial charge is 0.372 e. The molecule has 6 heteroatoms. The summed E-state index contributed by atoms with van der Waals surface area (Å²) >= 11 is 0. The fraction of sp³-hybridized carbons (Fsp3) is 0.643. The lowest BCUT2D eigenvalue weighted by molar-refractivity contribution is 0.269. The summed E-state index contributed by atoms with van der Waals surface area (Å²) in [5.74, 6) is 0.353. The van der Waals surface area contributed by atoms with Crippen LogP contribution in [0.4, 0.5) is 5.82 Å². The first-order valence-corrected chi connectivity index (χ1v) is 8.12. The maximum Gasteiger partial charge on any atom is 0.244 e. The number of aromatic nitrogens is 1. The molecule has 0 fully saturated rings. The summed E-state index contributed by atoms with van der Waals surface area (Å²) in [6.45, 7) is 10.1. The van der Waals surface area contributed by atoms with Crippen LogP contribution >= 0.6 is 0 Å². The second-order valence-corrected chi connectivity index (χ2v) is 8.48. The van der Waals surface area contributed by atoms with E-state index in [1.807, 2.05) is 13.8 Å². The van der Waals surface area contributed by atoms with Gasteiger partial charge in [0, 0.05) is 18.8 Å². The predicted molar refractivity (Wildman–Crippen MR) is 82.3 cm³/mol. The van der Waals surface area contributed by atoms with E-state index in [0.717, 1.165) is 6.42 Å². The molecule has 0 radical (unpaired) electrons. The Morgan fingerprint density at radius 1 is 1.20 bits per heavy atom. The van der Waals surface area contributed by atoms with Gasteiger partial charge >= 0.3 is 0 Å². The van der Waals surface area contributed by atoms with E-state index >= 15 is 0 Å². The molecule has 0 unspecified atom stereocenters. The highest BCUT2D eigenvalue weighted by molar-refractivity contribution is 7.89. The number of nitrogens with zero attached hydrogens (tertiary/aromatic N) is 1. The first kappa shape index (κ1) is 16.9. The number of nitrogens with one attached hydrogen (secondary N) is 2. The van der Waals surface area contributed by atoms with Gasteiger partial charge in [0.15, 0.2) is 0 Å². The third kappa shape index (κ3) is 4.76. The van der Waals surface area contributed by atoms with Gasteiger partial charge in [0.1, 0.15) is 10.7 Å². The van der Waals surface area contributed by atoms with E-state index in [1.54, 1.807) is 25.4 Å². The monoisotopic (exact) mass is 299 g/mol. The summed E-state index contributed by atoms with van der Waals surface area (Å²) < 4.78 is 27.8. The van der Waals surface area contributed by atoms with Gasteiger partial charge < -0.3 is 5.32 Å². The third-order valence-corrected chi connectivity index (χ3v) is 4.41. The van der Waals surface area contributed by atoms with Crippen LogP contribution in [0.2, 0.25) is 0 Å². The van der Waals surface area contributed by atoms with Gasteiger partial charge in [0.05, 0.1) is 0 Å². The summed E-state index contributed by atoms with van der Waals surface area (Å²) in [6, 6.07) is 3.17. The topological polar surface area (TPSA) is 71.1 Å². The lowest BCUT2D eigenvalue weighted by Crippen LogP contribution is -2.45. The molecule has 20 heavy (non-hydrogen) atoms. The highest BCUT2D eigenvalue weighted by Gasteiger charge is 2.31. The smallest absolute Gasteiger partial charge is 0.244 e. The van der Waals surface area contributed by atoms with Crippen LogP contribution in [0, 0.1) is 5.41 Å². The van der Waals surface area contributed by atoms with Gasteiger partial charge in [-0.1, -0.05) is 20.8 Å². The number of anilines is 1. The van der Waals surface area contributed by atoms with Crippen molar-refractivity contribution in [1.82, 2.24) is 9.71 Å². The fourth-order valence-corrected chi connectivity index (χ4v) is 4.15. The van der Waals surface area contributed by atoms with Crippen molar-refractivity contribution in [3.63, 3.8) is 0 Å². The summed E-state index contributed by atoms with van der Waals surface area (Å²) in [6.07, 6.45) is 2.29. The van der Waals surface area contributed by atoms with Crippen LogP contribution in [0.15, 0.2) is 23.2 Å². The predicted octanol–water partition coefficient (Wildman–Crippen LogP) is 2.62.